The van der Waals surface area contributed by atoms with E-state index in [1.165, 1.54) is 0 Å². The molecule has 16 heavy (non-hydrogen) atoms. The van der Waals surface area contributed by atoms with Gasteiger partial charge < -0.3 is 4.74 Å². The maximum Gasteiger partial charge on any atom is 0.338 e. The summed E-state index contributed by atoms with van der Waals surface area (Å²) in [6, 6.07) is 5.18. The average Bonchev–Trinajstić information content (AvgIpc) is 2.28. The van der Waals surface area contributed by atoms with Crippen molar-refractivity contribution < 1.29 is 9.53 Å². The van der Waals surface area contributed by atoms with Crippen molar-refractivity contribution in [3.63, 3.8) is 0 Å². The molecule has 0 heterocycles. The molecule has 0 aromatic heterocycles. The number of ether oxygens (including phenoxy) is 1. The van der Waals surface area contributed by atoms with E-state index in [2.05, 4.69) is 28.6 Å². The molecule has 0 N–H and O–H groups in total. The number of hydrogen-bond donors (Lipinski definition) is 1. The van der Waals surface area contributed by atoms with E-state index in [0.29, 0.717) is 33.5 Å². The summed E-state index contributed by atoms with van der Waals surface area (Å²) in [5.41, 5.74) is 1.58. The van der Waals surface area contributed by atoms with Gasteiger partial charge in [0, 0.05) is 10.2 Å². The van der Waals surface area contributed by atoms with E-state index in [4.69, 9.17) is 10.00 Å². The van der Waals surface area contributed by atoms with E-state index in [1.807, 2.05) is 6.07 Å². The number of carbonyl (C=O) groups excluding carboxylic acids is 1. The number of rotatable bonds is 3. The highest BCUT2D eigenvalue weighted by molar-refractivity contribution is 9.08. The maximum atomic E-state index is 11.6. The van der Waals surface area contributed by atoms with Crippen LogP contribution in [0.3, 0.4) is 0 Å². The molecule has 0 aliphatic carbocycles. The summed E-state index contributed by atoms with van der Waals surface area (Å²) in [5.74, 6) is -0.392. The maximum absolute atomic E-state index is 11.6. The summed E-state index contributed by atoms with van der Waals surface area (Å²) in [6.45, 7) is 2.07. The molecule has 0 unspecified atom stereocenters. The van der Waals surface area contributed by atoms with Gasteiger partial charge >= 0.3 is 5.97 Å². The Morgan fingerprint density at radius 1 is 1.62 bits per heavy atom. The topological polar surface area (TPSA) is 50.1 Å². The Bertz CT molecular complexity index is 454. The van der Waals surface area contributed by atoms with Gasteiger partial charge in [-0.25, -0.2) is 4.79 Å². The van der Waals surface area contributed by atoms with Crippen LogP contribution in [0.1, 0.15) is 28.4 Å². The lowest BCUT2D eigenvalue weighted by atomic mass is 10.1. The first-order valence-corrected chi connectivity index (χ1v) is 6.20. The van der Waals surface area contributed by atoms with Crippen molar-refractivity contribution in [2.75, 3.05) is 6.61 Å². The zero-order valence-electron chi connectivity index (χ0n) is 8.66. The highest BCUT2D eigenvalue weighted by atomic mass is 79.9. The summed E-state index contributed by atoms with van der Waals surface area (Å²) >= 11 is 7.52. The zero-order valence-corrected chi connectivity index (χ0v) is 11.1. The summed E-state index contributed by atoms with van der Waals surface area (Å²) in [7, 11) is 0. The Kier molecular flexibility index (Phi) is 4.84. The number of benzene rings is 1. The van der Waals surface area contributed by atoms with Crippen LogP contribution < -0.4 is 0 Å². The molecule has 0 fully saturated rings. The quantitative estimate of drug-likeness (QED) is 0.530. The van der Waals surface area contributed by atoms with E-state index in [9.17, 15) is 4.79 Å². The van der Waals surface area contributed by atoms with Crippen LogP contribution in [0.2, 0.25) is 0 Å². The Morgan fingerprint density at radius 2 is 2.31 bits per heavy atom. The predicted octanol–water partition coefficient (Wildman–Crippen LogP) is 2.92. The third kappa shape index (κ3) is 2.57. The molecule has 1 aromatic rings. The van der Waals surface area contributed by atoms with Gasteiger partial charge in [0.1, 0.15) is 6.07 Å². The van der Waals surface area contributed by atoms with Gasteiger partial charge in [-0.1, -0.05) is 15.9 Å². The molecule has 1 rings (SSSR count). The summed E-state index contributed by atoms with van der Waals surface area (Å²) in [6.07, 6.45) is 0. The van der Waals surface area contributed by atoms with Crippen molar-refractivity contribution in [2.45, 2.75) is 17.1 Å². The SMILES string of the molecule is CCOC(=O)c1ccc(C#N)c(S)c1CBr. The molecule has 0 saturated carbocycles. The molecule has 0 saturated heterocycles. The van der Waals surface area contributed by atoms with Crippen molar-refractivity contribution in [3.05, 3.63) is 28.8 Å². The third-order valence-corrected chi connectivity index (χ3v) is 3.10. The standard InChI is InChI=1S/C11H10BrNO2S/c1-2-15-11(14)8-4-3-7(6-13)10(16)9(8)5-12/h3-4,16H,2,5H2,1H3. The molecule has 0 spiro atoms. The van der Waals surface area contributed by atoms with Crippen molar-refractivity contribution in [1.82, 2.24) is 0 Å². The number of esters is 1. The average molecular weight is 300 g/mol. The van der Waals surface area contributed by atoms with Gasteiger partial charge in [0.05, 0.1) is 17.7 Å². The van der Waals surface area contributed by atoms with Gasteiger partial charge in [0.2, 0.25) is 0 Å². The Morgan fingerprint density at radius 3 is 2.81 bits per heavy atom. The highest BCUT2D eigenvalue weighted by Crippen LogP contribution is 2.25. The lowest BCUT2D eigenvalue weighted by Crippen LogP contribution is -2.08. The minimum atomic E-state index is -0.392. The second-order valence-corrected chi connectivity index (χ2v) is 3.96. The van der Waals surface area contributed by atoms with E-state index in [-0.39, 0.29) is 0 Å². The van der Waals surface area contributed by atoms with Crippen LogP contribution in [0.25, 0.3) is 0 Å². The lowest BCUT2D eigenvalue weighted by Gasteiger charge is -2.09. The number of nitriles is 1. The Balaban J connectivity index is 3.27. The minimum absolute atomic E-state index is 0.322. The van der Waals surface area contributed by atoms with Crippen LogP contribution in [0.5, 0.6) is 0 Å². The van der Waals surface area contributed by atoms with Crippen LogP contribution in [0.4, 0.5) is 0 Å². The van der Waals surface area contributed by atoms with Crippen LogP contribution >= 0.6 is 28.6 Å². The molecule has 0 aliphatic heterocycles. The Labute approximate surface area is 108 Å². The second kappa shape index (κ2) is 5.92. The van der Waals surface area contributed by atoms with Crippen molar-refractivity contribution in [1.29, 1.82) is 5.26 Å². The molecule has 5 heteroatoms. The van der Waals surface area contributed by atoms with E-state index < -0.39 is 5.97 Å². The summed E-state index contributed by atoms with van der Waals surface area (Å²) < 4.78 is 4.92. The van der Waals surface area contributed by atoms with E-state index >= 15 is 0 Å². The number of hydrogen-bond acceptors (Lipinski definition) is 4. The number of carbonyl (C=O) groups is 1. The molecular formula is C11H10BrNO2S. The number of nitrogens with zero attached hydrogens (tertiary/aromatic N) is 1. The molecule has 0 amide bonds. The number of halogens is 1. The molecule has 0 aliphatic rings. The van der Waals surface area contributed by atoms with Crippen LogP contribution in [-0.2, 0) is 10.1 Å². The minimum Gasteiger partial charge on any atom is -0.462 e. The smallest absolute Gasteiger partial charge is 0.338 e. The molecule has 3 nitrogen and oxygen atoms in total. The number of alkyl halides is 1. The van der Waals surface area contributed by atoms with E-state index in [0.717, 1.165) is 0 Å². The van der Waals surface area contributed by atoms with Crippen molar-refractivity contribution in [3.8, 4) is 6.07 Å². The fourth-order valence-corrected chi connectivity index (χ4v) is 2.39. The van der Waals surface area contributed by atoms with Gasteiger partial charge in [-0.2, -0.15) is 5.26 Å². The van der Waals surface area contributed by atoms with Crippen LogP contribution in [0.15, 0.2) is 17.0 Å². The zero-order chi connectivity index (χ0) is 12.1. The predicted molar refractivity (Wildman–Crippen MR) is 67.0 cm³/mol. The first-order chi connectivity index (χ1) is 7.65. The third-order valence-electron chi connectivity index (χ3n) is 2.03. The lowest BCUT2D eigenvalue weighted by molar-refractivity contribution is 0.0525. The largest absolute Gasteiger partial charge is 0.462 e. The fraction of sp³-hybridized carbons (Fsp3) is 0.273. The molecule has 84 valence electrons. The van der Waals surface area contributed by atoms with Gasteiger partial charge in [-0.3, -0.25) is 0 Å². The molecule has 0 atom stereocenters. The van der Waals surface area contributed by atoms with Crippen LogP contribution in [-0.4, -0.2) is 12.6 Å². The Hall–Kier alpha value is -0.990. The van der Waals surface area contributed by atoms with Gasteiger partial charge in [0.15, 0.2) is 0 Å². The van der Waals surface area contributed by atoms with Crippen molar-refractivity contribution in [2.24, 2.45) is 0 Å². The van der Waals surface area contributed by atoms with Crippen LogP contribution in [0, 0.1) is 11.3 Å². The summed E-state index contributed by atoms with van der Waals surface area (Å²) in [5, 5.41) is 9.29. The first-order valence-electron chi connectivity index (χ1n) is 4.63. The molecular weight excluding hydrogens is 290 g/mol. The summed E-state index contributed by atoms with van der Waals surface area (Å²) in [4.78, 5) is 12.1. The first kappa shape index (κ1) is 13.1. The van der Waals surface area contributed by atoms with Crippen molar-refractivity contribution >= 4 is 34.5 Å². The molecule has 1 aromatic carbocycles. The number of thiol groups is 1. The molecule has 0 radical (unpaired) electrons. The monoisotopic (exact) mass is 299 g/mol. The van der Waals surface area contributed by atoms with Gasteiger partial charge in [-0.15, -0.1) is 12.6 Å². The second-order valence-electron chi connectivity index (χ2n) is 2.95. The van der Waals surface area contributed by atoms with Gasteiger partial charge in [0.25, 0.3) is 0 Å². The van der Waals surface area contributed by atoms with E-state index in [1.54, 1.807) is 19.1 Å². The normalized spacial score (nSPS) is 9.62. The highest BCUT2D eigenvalue weighted by Gasteiger charge is 2.16. The van der Waals surface area contributed by atoms with Gasteiger partial charge in [-0.05, 0) is 24.6 Å². The fourth-order valence-electron chi connectivity index (χ4n) is 1.26. The molecule has 0 bridgehead atoms.